The van der Waals surface area contributed by atoms with E-state index in [4.69, 9.17) is 21.1 Å². The number of amides is 1. The Labute approximate surface area is 242 Å². The van der Waals surface area contributed by atoms with Crippen molar-refractivity contribution in [3.63, 3.8) is 0 Å². The second kappa shape index (κ2) is 13.6. The van der Waals surface area contributed by atoms with Crippen molar-refractivity contribution in [2.24, 2.45) is 0 Å². The maximum absolute atomic E-state index is 12.6. The smallest absolute Gasteiger partial charge is 0.339 e. The Morgan fingerprint density at radius 2 is 1.90 bits per heavy atom. The minimum Gasteiger partial charge on any atom is -0.492 e. The van der Waals surface area contributed by atoms with Crippen molar-refractivity contribution < 1.29 is 24.2 Å². The van der Waals surface area contributed by atoms with Gasteiger partial charge in [0.25, 0.3) is 0 Å². The zero-order chi connectivity index (χ0) is 29.4. The third-order valence-corrected chi connectivity index (χ3v) is 6.10. The predicted octanol–water partition coefficient (Wildman–Crippen LogP) is 5.76. The van der Waals surface area contributed by atoms with Crippen LogP contribution in [0.1, 0.15) is 23.0 Å². The summed E-state index contributed by atoms with van der Waals surface area (Å²) >= 11 is 6.49. The zero-order valence-electron chi connectivity index (χ0n) is 22.8. The molecule has 0 radical (unpaired) electrons. The standard InChI is InChI=1S/C30H30ClN5O5/c1-4-40-27-16-24-21(15-25(27)35-28(37)9-7-13-36(2)3)29(22(17-33-24)30(38)39)34-19-10-11-26(23(31)14-19)41-18-20-8-5-6-12-32-20/h5-12,14-17H,4,13,18H2,1-3H3,(H,33,34)(H,35,37)(H,38,39)/b9-7-. The number of carbonyl (C=O) groups is 2. The van der Waals surface area contributed by atoms with Crippen molar-refractivity contribution in [2.45, 2.75) is 13.5 Å². The highest BCUT2D eigenvalue weighted by Gasteiger charge is 2.19. The number of likely N-dealkylation sites (N-methyl/N-ethyl adjacent to an activating group) is 1. The quantitative estimate of drug-likeness (QED) is 0.181. The van der Waals surface area contributed by atoms with Crippen LogP contribution in [-0.2, 0) is 11.4 Å². The molecule has 3 N–H and O–H groups in total. The van der Waals surface area contributed by atoms with Gasteiger partial charge in [-0.3, -0.25) is 14.8 Å². The van der Waals surface area contributed by atoms with Gasteiger partial charge >= 0.3 is 5.97 Å². The summed E-state index contributed by atoms with van der Waals surface area (Å²) in [7, 11) is 3.80. The first kappa shape index (κ1) is 29.3. The maximum atomic E-state index is 12.6. The molecule has 0 saturated heterocycles. The Morgan fingerprint density at radius 3 is 2.59 bits per heavy atom. The zero-order valence-corrected chi connectivity index (χ0v) is 23.6. The van der Waals surface area contributed by atoms with Gasteiger partial charge in [-0.15, -0.1) is 0 Å². The lowest BCUT2D eigenvalue weighted by atomic mass is 10.1. The van der Waals surface area contributed by atoms with Gasteiger partial charge in [-0.05, 0) is 57.4 Å². The van der Waals surface area contributed by atoms with Gasteiger partial charge in [-0.2, -0.15) is 0 Å². The average Bonchev–Trinajstić information content (AvgIpc) is 2.93. The van der Waals surface area contributed by atoms with Crippen molar-refractivity contribution in [1.29, 1.82) is 0 Å². The van der Waals surface area contributed by atoms with Gasteiger partial charge in [0, 0.05) is 42.2 Å². The molecule has 0 spiro atoms. The summed E-state index contributed by atoms with van der Waals surface area (Å²) in [4.78, 5) is 35.3. The lowest BCUT2D eigenvalue weighted by Crippen LogP contribution is -2.13. The Kier molecular flexibility index (Phi) is 9.73. The first-order valence-electron chi connectivity index (χ1n) is 12.8. The summed E-state index contributed by atoms with van der Waals surface area (Å²) < 4.78 is 11.6. The Hall–Kier alpha value is -4.67. The van der Waals surface area contributed by atoms with E-state index >= 15 is 0 Å². The summed E-state index contributed by atoms with van der Waals surface area (Å²) in [6, 6.07) is 13.9. The van der Waals surface area contributed by atoms with Gasteiger partial charge in [0.05, 0.1) is 34.2 Å². The second-order valence-electron chi connectivity index (χ2n) is 9.18. The Morgan fingerprint density at radius 1 is 1.07 bits per heavy atom. The van der Waals surface area contributed by atoms with Gasteiger partial charge in [-0.25, -0.2) is 4.79 Å². The summed E-state index contributed by atoms with van der Waals surface area (Å²) in [6.45, 7) is 3.02. The largest absolute Gasteiger partial charge is 0.492 e. The number of hydrogen-bond donors (Lipinski definition) is 3. The van der Waals surface area contributed by atoms with Crippen LogP contribution in [-0.4, -0.2) is 59.1 Å². The summed E-state index contributed by atoms with van der Waals surface area (Å²) in [6.07, 6.45) is 6.13. The number of rotatable bonds is 12. The lowest BCUT2D eigenvalue weighted by Gasteiger charge is -2.17. The van der Waals surface area contributed by atoms with Crippen LogP contribution in [0.2, 0.25) is 5.02 Å². The number of carbonyl (C=O) groups excluding carboxylic acids is 1. The number of benzene rings is 2. The van der Waals surface area contributed by atoms with E-state index in [9.17, 15) is 14.7 Å². The van der Waals surface area contributed by atoms with Crippen molar-refractivity contribution in [3.05, 3.63) is 89.4 Å². The number of anilines is 3. The number of ether oxygens (including phenoxy) is 2. The van der Waals surface area contributed by atoms with E-state index in [0.29, 0.717) is 52.0 Å². The minimum absolute atomic E-state index is 0.0589. The number of aromatic carboxylic acids is 1. The van der Waals surface area contributed by atoms with Gasteiger partial charge in [0.1, 0.15) is 23.7 Å². The molecule has 2 aromatic heterocycles. The molecular formula is C30H30ClN5O5. The maximum Gasteiger partial charge on any atom is 0.339 e. The molecule has 1 amide bonds. The van der Waals surface area contributed by atoms with E-state index in [0.717, 1.165) is 5.69 Å². The molecule has 0 unspecified atom stereocenters. The summed E-state index contributed by atoms with van der Waals surface area (Å²) in [5.41, 5.74) is 2.36. The fraction of sp³-hybridized carbons (Fsp3) is 0.200. The molecule has 0 fully saturated rings. The van der Waals surface area contributed by atoms with Crippen LogP contribution in [0, 0.1) is 0 Å². The molecular weight excluding hydrogens is 546 g/mol. The number of pyridine rings is 2. The fourth-order valence-electron chi connectivity index (χ4n) is 3.91. The van der Waals surface area contributed by atoms with Crippen LogP contribution >= 0.6 is 11.6 Å². The van der Waals surface area contributed by atoms with Crippen LogP contribution in [0.15, 0.2) is 73.1 Å². The number of carboxylic acids is 1. The highest BCUT2D eigenvalue weighted by Crippen LogP contribution is 2.37. The van der Waals surface area contributed by atoms with Crippen molar-refractivity contribution in [2.75, 3.05) is 37.9 Å². The molecule has 2 aromatic carbocycles. The van der Waals surface area contributed by atoms with Crippen molar-refractivity contribution in [1.82, 2.24) is 14.9 Å². The SMILES string of the molecule is CCOc1cc2ncc(C(=O)O)c(Nc3ccc(OCc4ccccn4)c(Cl)c3)c2cc1NC(=O)/C=C\CN(C)C. The fourth-order valence-corrected chi connectivity index (χ4v) is 4.14. The topological polar surface area (TPSA) is 126 Å². The van der Waals surface area contributed by atoms with E-state index in [2.05, 4.69) is 20.6 Å². The molecule has 2 heterocycles. The molecule has 0 aliphatic carbocycles. The highest BCUT2D eigenvalue weighted by molar-refractivity contribution is 6.32. The third kappa shape index (κ3) is 7.71. The van der Waals surface area contributed by atoms with Gasteiger partial charge in [0.15, 0.2) is 0 Å². The number of fused-ring (bicyclic) bond motifs is 1. The predicted molar refractivity (Wildman–Crippen MR) is 159 cm³/mol. The van der Waals surface area contributed by atoms with Crippen LogP contribution in [0.3, 0.4) is 0 Å². The summed E-state index contributed by atoms with van der Waals surface area (Å²) in [5.74, 6) is -0.658. The second-order valence-corrected chi connectivity index (χ2v) is 9.59. The number of hydrogen-bond acceptors (Lipinski definition) is 8. The first-order chi connectivity index (χ1) is 19.7. The molecule has 10 nitrogen and oxygen atoms in total. The van der Waals surface area contributed by atoms with Gasteiger partial charge in [0.2, 0.25) is 5.91 Å². The first-order valence-corrected chi connectivity index (χ1v) is 13.2. The summed E-state index contributed by atoms with van der Waals surface area (Å²) in [5, 5.41) is 16.7. The van der Waals surface area contributed by atoms with Crippen LogP contribution < -0.4 is 20.1 Å². The van der Waals surface area contributed by atoms with Crippen LogP contribution in [0.5, 0.6) is 11.5 Å². The molecule has 212 valence electrons. The minimum atomic E-state index is -1.17. The lowest BCUT2D eigenvalue weighted by molar-refractivity contribution is -0.111. The third-order valence-electron chi connectivity index (χ3n) is 5.80. The molecule has 0 atom stereocenters. The van der Waals surface area contributed by atoms with Gasteiger partial charge in [-0.1, -0.05) is 23.7 Å². The Balaban J connectivity index is 1.68. The molecule has 41 heavy (non-hydrogen) atoms. The molecule has 0 saturated carbocycles. The van der Waals surface area contributed by atoms with Crippen molar-refractivity contribution in [3.8, 4) is 11.5 Å². The number of carboxylic acid groups (broad SMARTS) is 1. The molecule has 0 bridgehead atoms. The molecule has 4 rings (SSSR count). The van der Waals surface area contributed by atoms with E-state index in [1.54, 1.807) is 42.6 Å². The highest BCUT2D eigenvalue weighted by atomic mass is 35.5. The van der Waals surface area contributed by atoms with Crippen LogP contribution in [0.4, 0.5) is 17.1 Å². The Bertz CT molecular complexity index is 1580. The van der Waals surface area contributed by atoms with E-state index < -0.39 is 5.97 Å². The number of aromatic nitrogens is 2. The molecule has 4 aromatic rings. The normalized spacial score (nSPS) is 11.1. The number of halogens is 1. The van der Waals surface area contributed by atoms with Crippen LogP contribution in [0.25, 0.3) is 10.9 Å². The van der Waals surface area contributed by atoms with E-state index in [1.807, 2.05) is 44.1 Å². The monoisotopic (exact) mass is 575 g/mol. The van der Waals surface area contributed by atoms with E-state index in [1.165, 1.54) is 12.3 Å². The number of nitrogens with zero attached hydrogens (tertiary/aromatic N) is 3. The molecule has 0 aliphatic heterocycles. The molecule has 11 heteroatoms. The van der Waals surface area contributed by atoms with Crippen molar-refractivity contribution >= 4 is 51.4 Å². The average molecular weight is 576 g/mol. The molecule has 0 aliphatic rings. The number of nitrogens with one attached hydrogen (secondary N) is 2. The van der Waals surface area contributed by atoms with E-state index in [-0.39, 0.29) is 23.8 Å². The van der Waals surface area contributed by atoms with Gasteiger partial charge < -0.3 is 30.1 Å².